The number of carbonyl (C=O) groups excluding carboxylic acids is 1. The molecule has 0 saturated heterocycles. The molecule has 1 aromatic heterocycles. The van der Waals surface area contributed by atoms with Gasteiger partial charge in [-0.1, -0.05) is 37.5 Å². The lowest BCUT2D eigenvalue weighted by Crippen LogP contribution is -2.45. The first-order valence-electron chi connectivity index (χ1n) is 13.4. The number of benzene rings is 3. The highest BCUT2D eigenvalue weighted by Gasteiger charge is 2.34. The first-order valence-corrected chi connectivity index (χ1v) is 14.9. The number of sulfonamides is 1. The number of amides is 1. The van der Waals surface area contributed by atoms with Crippen LogP contribution < -0.4 is 14.8 Å². The summed E-state index contributed by atoms with van der Waals surface area (Å²) in [5.74, 6) is 0.396. The van der Waals surface area contributed by atoms with Crippen LogP contribution in [0.25, 0.3) is 21.8 Å². The zero-order valence-electron chi connectivity index (χ0n) is 22.6. The molecule has 5 rings (SSSR count). The highest BCUT2D eigenvalue weighted by molar-refractivity contribution is 7.89. The molecule has 0 unspecified atom stereocenters. The summed E-state index contributed by atoms with van der Waals surface area (Å²) in [5, 5.41) is 5.13. The molecule has 206 valence electrons. The van der Waals surface area contributed by atoms with E-state index in [0.717, 1.165) is 60.5 Å². The molecule has 0 aliphatic heterocycles. The van der Waals surface area contributed by atoms with Crippen LogP contribution in [-0.2, 0) is 21.4 Å². The monoisotopic (exact) mass is 549 g/mol. The minimum absolute atomic E-state index is 0.0762. The van der Waals surface area contributed by atoms with Gasteiger partial charge in [0.15, 0.2) is 11.5 Å². The first kappa shape index (κ1) is 27.0. The maximum absolute atomic E-state index is 13.9. The Morgan fingerprint density at radius 2 is 1.64 bits per heavy atom. The fourth-order valence-electron chi connectivity index (χ4n) is 5.71. The van der Waals surface area contributed by atoms with E-state index >= 15 is 0 Å². The van der Waals surface area contributed by atoms with Gasteiger partial charge in [0.05, 0.1) is 25.7 Å². The summed E-state index contributed by atoms with van der Waals surface area (Å²) in [6.45, 7) is 2.68. The molecular formula is C30H35N3O5S. The number of methoxy groups -OCH3 is 2. The van der Waals surface area contributed by atoms with Crippen LogP contribution in [0.1, 0.15) is 39.0 Å². The molecule has 1 aliphatic carbocycles. The van der Waals surface area contributed by atoms with Gasteiger partial charge in [0.25, 0.3) is 0 Å². The molecule has 1 amide bonds. The van der Waals surface area contributed by atoms with Gasteiger partial charge in [-0.25, -0.2) is 8.42 Å². The van der Waals surface area contributed by atoms with Gasteiger partial charge < -0.3 is 19.4 Å². The van der Waals surface area contributed by atoms with Crippen molar-refractivity contribution in [3.8, 4) is 11.5 Å². The molecule has 0 bridgehead atoms. The maximum atomic E-state index is 13.9. The molecule has 0 atom stereocenters. The lowest BCUT2D eigenvalue weighted by Gasteiger charge is -2.33. The number of para-hydroxylation sites is 1. The normalized spacial score (nSPS) is 14.7. The number of aromatic nitrogens is 1. The Labute approximate surface area is 229 Å². The van der Waals surface area contributed by atoms with Crippen LogP contribution >= 0.6 is 0 Å². The zero-order valence-corrected chi connectivity index (χ0v) is 23.5. The summed E-state index contributed by atoms with van der Waals surface area (Å²) in [6.07, 6.45) is 4.38. The van der Waals surface area contributed by atoms with Gasteiger partial charge in [0.2, 0.25) is 15.9 Å². The van der Waals surface area contributed by atoms with Crippen LogP contribution in [0.3, 0.4) is 0 Å². The Bertz CT molecular complexity index is 1610. The molecule has 1 fully saturated rings. The van der Waals surface area contributed by atoms with Gasteiger partial charge >= 0.3 is 0 Å². The van der Waals surface area contributed by atoms with Crippen molar-refractivity contribution in [1.29, 1.82) is 0 Å². The molecule has 0 radical (unpaired) electrons. The number of nitrogens with zero attached hydrogens (tertiary/aromatic N) is 2. The average Bonchev–Trinajstić information content (AvgIpc) is 3.28. The van der Waals surface area contributed by atoms with Crippen molar-refractivity contribution in [1.82, 2.24) is 8.87 Å². The molecule has 9 heteroatoms. The Morgan fingerprint density at radius 3 is 2.36 bits per heavy atom. The smallest absolute Gasteiger partial charge is 0.243 e. The van der Waals surface area contributed by atoms with E-state index in [1.807, 2.05) is 30.3 Å². The van der Waals surface area contributed by atoms with E-state index in [1.54, 1.807) is 6.07 Å². The van der Waals surface area contributed by atoms with Crippen molar-refractivity contribution in [2.45, 2.75) is 56.5 Å². The second-order valence-electron chi connectivity index (χ2n) is 9.90. The predicted molar refractivity (Wildman–Crippen MR) is 154 cm³/mol. The number of nitrogens with one attached hydrogen (secondary N) is 1. The van der Waals surface area contributed by atoms with E-state index in [0.29, 0.717) is 17.2 Å². The number of aryl methyl sites for hydroxylation is 1. The average molecular weight is 550 g/mol. The summed E-state index contributed by atoms with van der Waals surface area (Å²) < 4.78 is 42.0. The molecular weight excluding hydrogens is 514 g/mol. The highest BCUT2D eigenvalue weighted by atomic mass is 32.2. The van der Waals surface area contributed by atoms with Crippen LogP contribution in [0, 0.1) is 0 Å². The number of anilines is 1. The lowest BCUT2D eigenvalue weighted by molar-refractivity contribution is -0.116. The van der Waals surface area contributed by atoms with Crippen LogP contribution in [0.15, 0.2) is 65.6 Å². The van der Waals surface area contributed by atoms with Crippen LogP contribution in [0.5, 0.6) is 11.5 Å². The Hall–Kier alpha value is -3.56. The lowest BCUT2D eigenvalue weighted by atomic mass is 9.95. The van der Waals surface area contributed by atoms with Crippen LogP contribution in [0.2, 0.25) is 0 Å². The van der Waals surface area contributed by atoms with Crippen molar-refractivity contribution in [3.63, 3.8) is 0 Å². The van der Waals surface area contributed by atoms with E-state index in [4.69, 9.17) is 9.47 Å². The van der Waals surface area contributed by atoms with Crippen LogP contribution in [0.4, 0.5) is 5.69 Å². The minimum atomic E-state index is -3.98. The molecule has 3 aromatic carbocycles. The molecule has 8 nitrogen and oxygen atoms in total. The van der Waals surface area contributed by atoms with Crippen molar-refractivity contribution in [2.75, 3.05) is 26.1 Å². The maximum Gasteiger partial charge on any atom is 0.243 e. The van der Waals surface area contributed by atoms with E-state index in [9.17, 15) is 13.2 Å². The van der Waals surface area contributed by atoms with Gasteiger partial charge in [0.1, 0.15) is 0 Å². The summed E-state index contributed by atoms with van der Waals surface area (Å²) in [6, 6.07) is 18.3. The third-order valence-corrected chi connectivity index (χ3v) is 9.51. The first-order chi connectivity index (χ1) is 18.9. The van der Waals surface area contributed by atoms with Crippen molar-refractivity contribution >= 4 is 43.4 Å². The number of hydrogen-bond acceptors (Lipinski definition) is 5. The number of carbonyl (C=O) groups is 1. The summed E-state index contributed by atoms with van der Waals surface area (Å²) in [5.41, 5.74) is 2.87. The second-order valence-corrected chi connectivity index (χ2v) is 11.8. The zero-order chi connectivity index (χ0) is 27.6. The number of ether oxygens (including phenoxy) is 2. The highest BCUT2D eigenvalue weighted by Crippen LogP contribution is 2.34. The van der Waals surface area contributed by atoms with Crippen LogP contribution in [-0.4, -0.2) is 50.0 Å². The summed E-state index contributed by atoms with van der Waals surface area (Å²) in [4.78, 5) is 13.4. The van der Waals surface area contributed by atoms with Gasteiger partial charge in [-0.15, -0.1) is 0 Å². The summed E-state index contributed by atoms with van der Waals surface area (Å²) >= 11 is 0. The van der Waals surface area contributed by atoms with E-state index in [2.05, 4.69) is 28.9 Å². The summed E-state index contributed by atoms with van der Waals surface area (Å²) in [7, 11) is -1.01. The van der Waals surface area contributed by atoms with Crippen molar-refractivity contribution in [3.05, 3.63) is 60.7 Å². The number of fused-ring (bicyclic) bond motifs is 3. The molecule has 4 aromatic rings. The Morgan fingerprint density at radius 1 is 0.923 bits per heavy atom. The molecule has 1 aliphatic rings. The van der Waals surface area contributed by atoms with E-state index in [-0.39, 0.29) is 23.4 Å². The standard InChI is InChI=1S/C30H35N3O5S/c1-4-32-26-13-9-8-12-24(26)25-18-21(14-16-27(25)32)31-30(34)20-33(22-10-6-5-7-11-22)39(35,36)23-15-17-28(37-2)29(19-23)38-3/h8-9,12-19,22H,4-7,10-11,20H2,1-3H3,(H,31,34). The molecule has 1 heterocycles. The van der Waals surface area contributed by atoms with E-state index < -0.39 is 10.0 Å². The number of hydrogen-bond donors (Lipinski definition) is 1. The molecule has 1 saturated carbocycles. The van der Waals surface area contributed by atoms with Crippen molar-refractivity contribution < 1.29 is 22.7 Å². The Kier molecular flexibility index (Phi) is 7.81. The van der Waals surface area contributed by atoms with Gasteiger partial charge in [0, 0.05) is 46.1 Å². The third-order valence-electron chi connectivity index (χ3n) is 7.62. The molecule has 1 N–H and O–H groups in total. The predicted octanol–water partition coefficient (Wildman–Crippen LogP) is 5.79. The van der Waals surface area contributed by atoms with Gasteiger partial charge in [-0.05, 0) is 56.2 Å². The van der Waals surface area contributed by atoms with Crippen molar-refractivity contribution in [2.24, 2.45) is 0 Å². The van der Waals surface area contributed by atoms with Gasteiger partial charge in [-0.2, -0.15) is 4.31 Å². The quantitative estimate of drug-likeness (QED) is 0.285. The number of rotatable bonds is 9. The fraction of sp³-hybridized carbons (Fsp3) is 0.367. The second kappa shape index (κ2) is 11.3. The largest absolute Gasteiger partial charge is 0.493 e. The van der Waals surface area contributed by atoms with E-state index in [1.165, 1.54) is 30.7 Å². The topological polar surface area (TPSA) is 89.9 Å². The minimum Gasteiger partial charge on any atom is -0.493 e. The molecule has 39 heavy (non-hydrogen) atoms. The SMILES string of the molecule is CCn1c2ccccc2c2cc(NC(=O)CN(C3CCCCC3)S(=O)(=O)c3ccc(OC)c(OC)c3)ccc21. The Balaban J connectivity index is 1.44. The van der Waals surface area contributed by atoms with Gasteiger partial charge in [-0.3, -0.25) is 4.79 Å². The molecule has 0 spiro atoms. The third kappa shape index (κ3) is 5.21. The fourth-order valence-corrected chi connectivity index (χ4v) is 7.36.